The fourth-order valence-electron chi connectivity index (χ4n) is 2.49. The van der Waals surface area contributed by atoms with Gasteiger partial charge in [0.2, 0.25) is 5.79 Å². The molecule has 8 nitrogen and oxygen atoms in total. The van der Waals surface area contributed by atoms with Crippen LogP contribution in [0.5, 0.6) is 0 Å². The van der Waals surface area contributed by atoms with E-state index in [1.54, 1.807) is 0 Å². The molecule has 0 aliphatic carbocycles. The molecular weight excluding hydrogens is 397 g/mol. The second kappa shape index (κ2) is 6.56. The van der Waals surface area contributed by atoms with Crippen molar-refractivity contribution in [1.82, 2.24) is 10.3 Å². The highest BCUT2D eigenvalue weighted by molar-refractivity contribution is 7.90. The molecule has 0 bridgehead atoms. The molecule has 1 aromatic carbocycles. The summed E-state index contributed by atoms with van der Waals surface area (Å²) < 4.78 is 62.4. The lowest BCUT2D eigenvalue weighted by Gasteiger charge is -2.28. The zero-order chi connectivity index (χ0) is 20.7. The van der Waals surface area contributed by atoms with Crippen LogP contribution in [0.4, 0.5) is 13.2 Å². The van der Waals surface area contributed by atoms with Crippen LogP contribution in [0.15, 0.2) is 57.3 Å². The fourth-order valence-corrected chi connectivity index (χ4v) is 3.15. The number of alkyl halides is 3. The lowest BCUT2D eigenvalue weighted by Crippen LogP contribution is -2.49. The van der Waals surface area contributed by atoms with Gasteiger partial charge >= 0.3 is 6.18 Å². The first kappa shape index (κ1) is 19.8. The molecule has 0 fully saturated rings. The number of nitrogens with zero attached hydrogens (tertiary/aromatic N) is 3. The summed E-state index contributed by atoms with van der Waals surface area (Å²) in [6, 6.07) is 8.86. The summed E-state index contributed by atoms with van der Waals surface area (Å²) in [5, 5.41) is 2.53. The lowest BCUT2D eigenvalue weighted by molar-refractivity contribution is -0.141. The average Bonchev–Trinajstić information content (AvgIpc) is 2.60. The van der Waals surface area contributed by atoms with E-state index in [2.05, 4.69) is 20.3 Å². The topological polar surface area (TPSA) is 136 Å². The van der Waals surface area contributed by atoms with Crippen LogP contribution >= 0.6 is 0 Å². The maximum atomic E-state index is 12.9. The van der Waals surface area contributed by atoms with Gasteiger partial charge in [0.05, 0.1) is 4.90 Å². The van der Waals surface area contributed by atoms with Crippen LogP contribution in [0, 0.1) is 0 Å². The summed E-state index contributed by atoms with van der Waals surface area (Å²) >= 11 is 0. The summed E-state index contributed by atoms with van der Waals surface area (Å²) in [6.45, 7) is 0. The highest BCUT2D eigenvalue weighted by Crippen LogP contribution is 2.29. The Morgan fingerprint density at radius 1 is 1.11 bits per heavy atom. The number of hydrogen-bond acceptors (Lipinski definition) is 8. The molecule has 2 aromatic rings. The van der Waals surface area contributed by atoms with E-state index < -0.39 is 27.5 Å². The third kappa shape index (κ3) is 3.97. The summed E-state index contributed by atoms with van der Waals surface area (Å²) in [5.41, 5.74) is 10.8. The Balaban J connectivity index is 2.10. The van der Waals surface area contributed by atoms with Gasteiger partial charge in [-0.2, -0.15) is 13.2 Å². The second-order valence-corrected chi connectivity index (χ2v) is 8.03. The molecule has 1 unspecified atom stereocenters. The summed E-state index contributed by atoms with van der Waals surface area (Å²) in [4.78, 5) is 11.6. The van der Waals surface area contributed by atoms with Crippen LogP contribution in [-0.2, 0) is 21.8 Å². The van der Waals surface area contributed by atoms with Crippen molar-refractivity contribution in [2.24, 2.45) is 21.5 Å². The molecule has 2 heterocycles. The van der Waals surface area contributed by atoms with Gasteiger partial charge in [-0.25, -0.2) is 23.4 Å². The van der Waals surface area contributed by atoms with E-state index in [1.807, 2.05) is 0 Å². The van der Waals surface area contributed by atoms with E-state index in [4.69, 9.17) is 11.5 Å². The van der Waals surface area contributed by atoms with Crippen molar-refractivity contribution in [2.45, 2.75) is 16.9 Å². The Morgan fingerprint density at radius 2 is 1.79 bits per heavy atom. The number of benzene rings is 1. The Kier molecular flexibility index (Phi) is 4.63. The minimum atomic E-state index is -4.64. The highest BCUT2D eigenvalue weighted by Gasteiger charge is 2.35. The minimum absolute atomic E-state index is 0.0175. The maximum absolute atomic E-state index is 12.9. The number of pyridine rings is 1. The Bertz CT molecular complexity index is 1100. The van der Waals surface area contributed by atoms with Crippen LogP contribution in [0.3, 0.4) is 0 Å². The predicted molar refractivity (Wildman–Crippen MR) is 96.0 cm³/mol. The number of aromatic nitrogens is 1. The van der Waals surface area contributed by atoms with E-state index in [-0.39, 0.29) is 27.9 Å². The predicted octanol–water partition coefficient (Wildman–Crippen LogP) is 0.938. The zero-order valence-electron chi connectivity index (χ0n) is 14.4. The number of nitrogens with two attached hydrogens (primary N) is 2. The Morgan fingerprint density at radius 3 is 2.43 bits per heavy atom. The fraction of sp³-hybridized carbons (Fsp3) is 0.188. The zero-order valence-corrected chi connectivity index (χ0v) is 15.2. The van der Waals surface area contributed by atoms with Crippen LogP contribution in [0.1, 0.15) is 17.0 Å². The van der Waals surface area contributed by atoms with Crippen molar-refractivity contribution in [2.75, 3.05) is 6.26 Å². The standard InChI is InChI=1S/C16H15F3N6O2S/c1-28(26,27)10-5-2-4-9(8-10)16(21)24-13(23-14(20)25-16)11-6-3-7-12(22-11)15(17,18)19/h2-8H,21H2,1H3,(H3,20,23,24,25). The number of aliphatic imine (C=N–C) groups is 2. The van der Waals surface area contributed by atoms with Gasteiger partial charge in [0.25, 0.3) is 0 Å². The Labute approximate surface area is 158 Å². The monoisotopic (exact) mass is 412 g/mol. The molecule has 0 spiro atoms. The average molecular weight is 412 g/mol. The number of guanidine groups is 1. The number of halogens is 3. The van der Waals surface area contributed by atoms with Crippen molar-refractivity contribution in [3.05, 3.63) is 59.4 Å². The summed E-state index contributed by atoms with van der Waals surface area (Å²) in [5.74, 6) is -2.19. The van der Waals surface area contributed by atoms with E-state index in [0.717, 1.165) is 12.3 Å². The normalized spacial score (nSPS) is 20.2. The molecule has 1 aliphatic heterocycles. The van der Waals surface area contributed by atoms with Gasteiger partial charge in [-0.05, 0) is 24.3 Å². The molecule has 1 aliphatic rings. The van der Waals surface area contributed by atoms with Gasteiger partial charge in [-0.3, -0.25) is 5.73 Å². The molecule has 0 saturated heterocycles. The van der Waals surface area contributed by atoms with Gasteiger partial charge in [0.1, 0.15) is 11.4 Å². The van der Waals surface area contributed by atoms with Crippen molar-refractivity contribution >= 4 is 21.6 Å². The molecule has 0 saturated carbocycles. The minimum Gasteiger partial charge on any atom is -0.370 e. The van der Waals surface area contributed by atoms with Crippen molar-refractivity contribution in [3.63, 3.8) is 0 Å². The highest BCUT2D eigenvalue weighted by atomic mass is 32.2. The number of nitrogens with one attached hydrogen (secondary N) is 1. The molecule has 1 atom stereocenters. The van der Waals surface area contributed by atoms with Crippen LogP contribution in [0.2, 0.25) is 0 Å². The van der Waals surface area contributed by atoms with Crippen LogP contribution in [0.25, 0.3) is 0 Å². The molecule has 28 heavy (non-hydrogen) atoms. The molecule has 148 valence electrons. The maximum Gasteiger partial charge on any atom is 0.433 e. The third-order valence-corrected chi connectivity index (χ3v) is 4.90. The van der Waals surface area contributed by atoms with E-state index >= 15 is 0 Å². The van der Waals surface area contributed by atoms with Gasteiger partial charge in [-0.1, -0.05) is 18.2 Å². The molecule has 3 rings (SSSR count). The van der Waals surface area contributed by atoms with Crippen molar-refractivity contribution in [3.8, 4) is 0 Å². The number of amidine groups is 1. The second-order valence-electron chi connectivity index (χ2n) is 6.01. The van der Waals surface area contributed by atoms with Gasteiger partial charge in [0.15, 0.2) is 21.6 Å². The molecule has 5 N–H and O–H groups in total. The van der Waals surface area contributed by atoms with E-state index in [1.165, 1.54) is 36.4 Å². The Hall–Kier alpha value is -2.99. The molecule has 12 heteroatoms. The largest absolute Gasteiger partial charge is 0.433 e. The number of sulfone groups is 1. The quantitative estimate of drug-likeness (QED) is 0.686. The lowest BCUT2D eigenvalue weighted by atomic mass is 10.1. The van der Waals surface area contributed by atoms with Crippen molar-refractivity contribution in [1.29, 1.82) is 0 Å². The first-order valence-corrected chi connectivity index (χ1v) is 9.64. The van der Waals surface area contributed by atoms with Gasteiger partial charge in [-0.15, -0.1) is 0 Å². The summed E-state index contributed by atoms with van der Waals surface area (Å²) in [7, 11) is -3.53. The molecule has 0 amide bonds. The first-order chi connectivity index (χ1) is 12.9. The smallest absolute Gasteiger partial charge is 0.370 e. The molecule has 0 radical (unpaired) electrons. The van der Waals surface area contributed by atoms with E-state index in [9.17, 15) is 21.6 Å². The summed E-state index contributed by atoms with van der Waals surface area (Å²) in [6.07, 6.45) is -3.62. The molecular formula is C16H15F3N6O2S. The van der Waals surface area contributed by atoms with Crippen molar-refractivity contribution < 1.29 is 21.6 Å². The first-order valence-electron chi connectivity index (χ1n) is 7.75. The number of hydrogen-bond donors (Lipinski definition) is 3. The third-order valence-electron chi connectivity index (χ3n) is 3.79. The van der Waals surface area contributed by atoms with Crippen LogP contribution < -0.4 is 16.8 Å². The molecule has 1 aromatic heterocycles. The van der Waals surface area contributed by atoms with E-state index in [0.29, 0.717) is 0 Å². The van der Waals surface area contributed by atoms with Crippen LogP contribution in [-0.4, -0.2) is 31.5 Å². The van der Waals surface area contributed by atoms with Gasteiger partial charge < -0.3 is 11.1 Å². The SMILES string of the molecule is CS(=O)(=O)c1cccc(C2(N)N=C(N)NC(c3cccc(C(F)(F)F)n3)=N2)c1. The number of rotatable bonds is 3. The van der Waals surface area contributed by atoms with Gasteiger partial charge in [0, 0.05) is 11.8 Å².